The Morgan fingerprint density at radius 2 is 1.90 bits per heavy atom. The zero-order valence-electron chi connectivity index (χ0n) is 22.5. The zero-order chi connectivity index (χ0) is 27.6. The summed E-state index contributed by atoms with van der Waals surface area (Å²) in [5.41, 5.74) is 2.03. The van der Waals surface area contributed by atoms with Gasteiger partial charge in [-0.1, -0.05) is 24.3 Å². The number of carbonyl (C=O) groups is 2. The minimum atomic E-state index is -0.933. The van der Waals surface area contributed by atoms with E-state index in [1.807, 2.05) is 37.5 Å². The van der Waals surface area contributed by atoms with Crippen LogP contribution in [0.4, 0.5) is 9.18 Å². The third kappa shape index (κ3) is 4.62. The second-order valence-electron chi connectivity index (χ2n) is 12.1. The lowest BCUT2D eigenvalue weighted by atomic mass is 9.95. The third-order valence-electron chi connectivity index (χ3n) is 8.29. The standard InChI is InChI=1S/C30H32FN5O3/c1-30(2,3)39-29(38)36-26-13-23(21-12-22(21)26)27(36)28(37)33-20(14-32)9-18-7-5-16(10-24(18)31)17-6-8-19-15-35(4)34-25(19)11-17/h5-8,10-11,15,20-23,26-27H,9,12-13H2,1-4H3,(H,33,37)/t20-,21+,22-,23-,26-,27-/m0/s1. The van der Waals surface area contributed by atoms with E-state index in [0.29, 0.717) is 23.0 Å². The maximum atomic E-state index is 15.2. The number of rotatable bonds is 5. The molecule has 3 aliphatic rings. The van der Waals surface area contributed by atoms with Crippen molar-refractivity contribution in [1.29, 1.82) is 5.26 Å². The summed E-state index contributed by atoms with van der Waals surface area (Å²) >= 11 is 0. The van der Waals surface area contributed by atoms with E-state index in [0.717, 1.165) is 29.3 Å². The van der Waals surface area contributed by atoms with Crippen molar-refractivity contribution < 1.29 is 18.7 Å². The largest absolute Gasteiger partial charge is 0.444 e. The minimum absolute atomic E-state index is 0.00133. The topological polar surface area (TPSA) is 100 Å². The first-order chi connectivity index (χ1) is 18.5. The van der Waals surface area contributed by atoms with Crippen molar-refractivity contribution >= 4 is 22.9 Å². The number of likely N-dealkylation sites (tertiary alicyclic amines) is 1. The summed E-state index contributed by atoms with van der Waals surface area (Å²) in [5, 5.41) is 18.0. The van der Waals surface area contributed by atoms with Crippen molar-refractivity contribution in [3.63, 3.8) is 0 Å². The fraction of sp³-hybridized carbons (Fsp3) is 0.467. The molecular formula is C30H32FN5O3. The maximum Gasteiger partial charge on any atom is 0.411 e. The number of ether oxygens (including phenoxy) is 1. The van der Waals surface area contributed by atoms with Crippen LogP contribution in [0.1, 0.15) is 39.2 Å². The Morgan fingerprint density at radius 3 is 2.62 bits per heavy atom. The smallest absolute Gasteiger partial charge is 0.411 e. The van der Waals surface area contributed by atoms with E-state index in [-0.39, 0.29) is 24.3 Å². The van der Waals surface area contributed by atoms with E-state index >= 15 is 4.39 Å². The van der Waals surface area contributed by atoms with E-state index in [4.69, 9.17) is 4.74 Å². The number of nitrogens with one attached hydrogen (secondary N) is 1. The first kappa shape index (κ1) is 25.4. The van der Waals surface area contributed by atoms with Gasteiger partial charge in [-0.3, -0.25) is 14.4 Å². The van der Waals surface area contributed by atoms with Crippen LogP contribution in [0.2, 0.25) is 0 Å². The van der Waals surface area contributed by atoms with Gasteiger partial charge >= 0.3 is 6.09 Å². The van der Waals surface area contributed by atoms with Crippen LogP contribution in [-0.2, 0) is 23.0 Å². The second-order valence-corrected chi connectivity index (χ2v) is 12.1. The highest BCUT2D eigenvalue weighted by molar-refractivity contribution is 5.88. The number of benzene rings is 2. The number of fused-ring (bicyclic) bond motifs is 6. The molecule has 0 spiro atoms. The van der Waals surface area contributed by atoms with Crippen LogP contribution in [-0.4, -0.2) is 50.4 Å². The number of piperidine rings is 1. The van der Waals surface area contributed by atoms with E-state index < -0.39 is 29.6 Å². The average molecular weight is 530 g/mol. The van der Waals surface area contributed by atoms with Gasteiger partial charge in [0.05, 0.1) is 11.6 Å². The zero-order valence-corrected chi connectivity index (χ0v) is 22.5. The molecule has 3 aromatic rings. The number of aryl methyl sites for hydroxylation is 1. The summed E-state index contributed by atoms with van der Waals surface area (Å²) < 4.78 is 22.5. The van der Waals surface area contributed by atoms with Crippen molar-refractivity contribution in [2.75, 3.05) is 0 Å². The first-order valence-electron chi connectivity index (χ1n) is 13.5. The second kappa shape index (κ2) is 9.08. The lowest BCUT2D eigenvalue weighted by Gasteiger charge is -2.35. The Labute approximate surface area is 226 Å². The number of nitriles is 1. The van der Waals surface area contributed by atoms with Crippen molar-refractivity contribution in [2.45, 2.75) is 63.8 Å². The Kier molecular flexibility index (Phi) is 5.90. The number of hydrogen-bond donors (Lipinski definition) is 1. The van der Waals surface area contributed by atoms with Crippen LogP contribution in [0.15, 0.2) is 42.6 Å². The summed E-state index contributed by atoms with van der Waals surface area (Å²) in [6, 6.07) is 11.2. The molecule has 39 heavy (non-hydrogen) atoms. The third-order valence-corrected chi connectivity index (χ3v) is 8.29. The van der Waals surface area contributed by atoms with Gasteiger partial charge in [0.15, 0.2) is 0 Å². The number of halogens is 1. The van der Waals surface area contributed by atoms with Gasteiger partial charge in [-0.25, -0.2) is 9.18 Å². The molecule has 202 valence electrons. The summed E-state index contributed by atoms with van der Waals surface area (Å²) in [6.07, 6.45) is 3.26. The number of hydrogen-bond acceptors (Lipinski definition) is 5. The van der Waals surface area contributed by atoms with Gasteiger partial charge in [-0.05, 0) is 80.2 Å². The van der Waals surface area contributed by atoms with E-state index in [2.05, 4.69) is 16.5 Å². The van der Waals surface area contributed by atoms with E-state index in [1.54, 1.807) is 36.4 Å². The molecule has 1 aromatic heterocycles. The lowest BCUT2D eigenvalue weighted by Crippen LogP contribution is -2.56. The highest BCUT2D eigenvalue weighted by Gasteiger charge is 2.67. The molecule has 2 bridgehead atoms. The van der Waals surface area contributed by atoms with Crippen LogP contribution >= 0.6 is 0 Å². The molecule has 9 heteroatoms. The molecule has 1 N–H and O–H groups in total. The minimum Gasteiger partial charge on any atom is -0.444 e. The van der Waals surface area contributed by atoms with Gasteiger partial charge in [0.25, 0.3) is 0 Å². The average Bonchev–Trinajstić information content (AvgIpc) is 3.28. The highest BCUT2D eigenvalue weighted by Crippen LogP contribution is 2.63. The molecule has 2 aromatic carbocycles. The van der Waals surface area contributed by atoms with Gasteiger partial charge in [-0.2, -0.15) is 10.4 Å². The van der Waals surface area contributed by atoms with E-state index in [9.17, 15) is 14.9 Å². The van der Waals surface area contributed by atoms with Gasteiger partial charge in [0.2, 0.25) is 5.91 Å². The monoisotopic (exact) mass is 529 g/mol. The fourth-order valence-electron chi connectivity index (χ4n) is 6.60. The fourth-order valence-corrected chi connectivity index (χ4v) is 6.60. The molecule has 8 nitrogen and oxygen atoms in total. The molecule has 2 saturated carbocycles. The summed E-state index contributed by atoms with van der Waals surface area (Å²) in [6.45, 7) is 5.41. The summed E-state index contributed by atoms with van der Waals surface area (Å²) in [5.74, 6) is 0.133. The predicted octanol–water partition coefficient (Wildman–Crippen LogP) is 4.57. The van der Waals surface area contributed by atoms with Crippen molar-refractivity contribution in [1.82, 2.24) is 20.0 Å². The molecule has 1 aliphatic heterocycles. The molecule has 2 heterocycles. The molecule has 1 saturated heterocycles. The normalized spacial score (nSPS) is 25.7. The van der Waals surface area contributed by atoms with Gasteiger partial charge < -0.3 is 10.1 Å². The molecule has 2 amide bonds. The van der Waals surface area contributed by atoms with Crippen LogP contribution in [0.25, 0.3) is 22.0 Å². The molecule has 6 rings (SSSR count). The molecule has 0 unspecified atom stereocenters. The molecule has 0 radical (unpaired) electrons. The van der Waals surface area contributed by atoms with Crippen molar-refractivity contribution in [3.05, 3.63) is 54.0 Å². The Morgan fingerprint density at radius 1 is 1.15 bits per heavy atom. The Bertz CT molecular complexity index is 1520. The molecular weight excluding hydrogens is 497 g/mol. The van der Waals surface area contributed by atoms with Gasteiger partial charge in [0.1, 0.15) is 23.5 Å². The van der Waals surface area contributed by atoms with Crippen LogP contribution in [0, 0.1) is 34.9 Å². The van der Waals surface area contributed by atoms with Gasteiger partial charge in [-0.15, -0.1) is 0 Å². The first-order valence-corrected chi connectivity index (χ1v) is 13.5. The predicted molar refractivity (Wildman–Crippen MR) is 143 cm³/mol. The number of carbonyl (C=O) groups excluding carboxylic acids is 2. The lowest BCUT2D eigenvalue weighted by molar-refractivity contribution is -0.128. The molecule has 2 aliphatic carbocycles. The van der Waals surface area contributed by atoms with Crippen LogP contribution in [0.3, 0.4) is 0 Å². The molecule has 6 atom stereocenters. The number of nitrogens with zero attached hydrogens (tertiary/aromatic N) is 4. The Balaban J connectivity index is 1.16. The maximum absolute atomic E-state index is 15.2. The van der Waals surface area contributed by atoms with Crippen LogP contribution in [0.5, 0.6) is 0 Å². The number of amides is 2. The van der Waals surface area contributed by atoms with E-state index in [1.165, 1.54) is 6.07 Å². The highest BCUT2D eigenvalue weighted by atomic mass is 19.1. The van der Waals surface area contributed by atoms with Crippen molar-refractivity contribution in [2.24, 2.45) is 24.8 Å². The molecule has 3 fully saturated rings. The Hall–Kier alpha value is -3.93. The van der Waals surface area contributed by atoms with Crippen molar-refractivity contribution in [3.8, 4) is 17.2 Å². The van der Waals surface area contributed by atoms with Gasteiger partial charge in [0, 0.05) is 31.1 Å². The SMILES string of the molecule is Cn1cc2ccc(-c3ccc(C[C@@H](C#N)NC(=O)[C@@H]4[C@H]5C[C@@H]([C@H]6C[C@@H]56)N4C(=O)OC(C)(C)C)c(F)c3)cc2n1. The number of aromatic nitrogens is 2. The summed E-state index contributed by atoms with van der Waals surface area (Å²) in [7, 11) is 1.85. The van der Waals surface area contributed by atoms with Crippen LogP contribution < -0.4 is 5.32 Å². The quantitative estimate of drug-likeness (QED) is 0.522. The summed E-state index contributed by atoms with van der Waals surface area (Å²) in [4.78, 5) is 28.1.